The molecule has 3 unspecified atom stereocenters. The highest BCUT2D eigenvalue weighted by Gasteiger charge is 2.31. The van der Waals surface area contributed by atoms with E-state index in [0.717, 1.165) is 29.7 Å². The summed E-state index contributed by atoms with van der Waals surface area (Å²) in [4.78, 5) is 12.7. The summed E-state index contributed by atoms with van der Waals surface area (Å²) in [6.45, 7) is 4.59. The number of aromatic nitrogens is 3. The summed E-state index contributed by atoms with van der Waals surface area (Å²) in [5.74, 6) is 2.07. The maximum Gasteiger partial charge on any atom is 0.132 e. The van der Waals surface area contributed by atoms with Gasteiger partial charge in [-0.25, -0.2) is 9.97 Å². The Morgan fingerprint density at radius 1 is 1.12 bits per heavy atom. The highest BCUT2D eigenvalue weighted by molar-refractivity contribution is 5.73. The molecule has 3 atom stereocenters. The lowest BCUT2D eigenvalue weighted by Gasteiger charge is -2.37. The number of fused-ring (bicyclic) bond motifs is 1. The van der Waals surface area contributed by atoms with Crippen molar-refractivity contribution in [3.8, 4) is 0 Å². The number of nitrogens with one attached hydrogen (secondary N) is 2. The lowest BCUT2D eigenvalue weighted by Crippen LogP contribution is -2.41. The molecule has 1 aliphatic heterocycles. The Balaban J connectivity index is 1.63. The van der Waals surface area contributed by atoms with Crippen LogP contribution >= 0.6 is 0 Å². The van der Waals surface area contributed by atoms with E-state index in [1.54, 1.807) is 0 Å². The summed E-state index contributed by atoms with van der Waals surface area (Å²) in [5.41, 5.74) is 3.39. The number of nitrogens with zero attached hydrogens (tertiary/aromatic N) is 2. The number of benzene rings is 1. The van der Waals surface area contributed by atoms with Gasteiger partial charge in [-0.3, -0.25) is 0 Å². The molecule has 1 fully saturated rings. The van der Waals surface area contributed by atoms with Crippen LogP contribution in [0.2, 0.25) is 0 Å². The Hall–Kier alpha value is -2.20. The van der Waals surface area contributed by atoms with E-state index in [4.69, 9.17) is 4.98 Å². The van der Waals surface area contributed by atoms with Crippen molar-refractivity contribution in [3.05, 3.63) is 60.2 Å². The van der Waals surface area contributed by atoms with E-state index in [2.05, 4.69) is 59.5 Å². The van der Waals surface area contributed by atoms with E-state index in [1.807, 2.05) is 18.5 Å². The van der Waals surface area contributed by atoms with Gasteiger partial charge in [0, 0.05) is 24.2 Å². The first kappa shape index (κ1) is 16.3. The molecular formula is C21H26N4. The highest BCUT2D eigenvalue weighted by Crippen LogP contribution is 2.36. The molecule has 1 saturated heterocycles. The molecule has 2 N–H and O–H groups in total. The maximum atomic E-state index is 4.83. The van der Waals surface area contributed by atoms with Crippen molar-refractivity contribution in [2.24, 2.45) is 5.92 Å². The monoisotopic (exact) mass is 334 g/mol. The maximum absolute atomic E-state index is 4.83. The second kappa shape index (κ2) is 6.96. The molecule has 3 aromatic rings. The fraction of sp³-hybridized carbons (Fsp3) is 0.429. The normalized spacial score (nSPS) is 24.0. The van der Waals surface area contributed by atoms with E-state index in [0.29, 0.717) is 23.9 Å². The summed E-state index contributed by atoms with van der Waals surface area (Å²) in [7, 11) is 0. The Kier molecular flexibility index (Phi) is 4.53. The van der Waals surface area contributed by atoms with Gasteiger partial charge in [-0.15, -0.1) is 0 Å². The van der Waals surface area contributed by atoms with Crippen molar-refractivity contribution in [1.29, 1.82) is 0 Å². The lowest BCUT2D eigenvalue weighted by molar-refractivity contribution is 0.259. The number of aromatic amines is 1. The molecule has 0 bridgehead atoms. The van der Waals surface area contributed by atoms with Crippen LogP contribution in [0.5, 0.6) is 0 Å². The molecule has 1 aliphatic rings. The molecule has 0 aliphatic carbocycles. The molecule has 1 aromatic carbocycles. The van der Waals surface area contributed by atoms with Gasteiger partial charge in [0.05, 0.1) is 17.2 Å². The Morgan fingerprint density at radius 3 is 2.76 bits per heavy atom. The van der Waals surface area contributed by atoms with Crippen LogP contribution in [0.4, 0.5) is 0 Å². The topological polar surface area (TPSA) is 53.6 Å². The minimum atomic E-state index is 0.370. The standard InChI is InChI=1S/C21H26N4/c1-14(2)10-17-11-16(12-19(24-17)15-6-4-3-5-7-15)21-23-13-20-18(25-21)8-9-22-20/h3-9,13-14,16-17,19,22,24H,10-12H2,1-2H3. The zero-order valence-corrected chi connectivity index (χ0v) is 14.9. The number of hydrogen-bond acceptors (Lipinski definition) is 3. The van der Waals surface area contributed by atoms with E-state index in [9.17, 15) is 0 Å². The zero-order valence-electron chi connectivity index (χ0n) is 14.9. The molecule has 0 amide bonds. The molecule has 0 spiro atoms. The fourth-order valence-corrected chi connectivity index (χ4v) is 4.06. The van der Waals surface area contributed by atoms with Crippen LogP contribution in [0, 0.1) is 5.92 Å². The first-order chi connectivity index (χ1) is 12.2. The van der Waals surface area contributed by atoms with Crippen molar-refractivity contribution in [3.63, 3.8) is 0 Å². The molecule has 4 nitrogen and oxygen atoms in total. The molecular weight excluding hydrogens is 308 g/mol. The number of H-pyrrole nitrogens is 1. The second-order valence-electron chi connectivity index (χ2n) is 7.63. The summed E-state index contributed by atoms with van der Waals surface area (Å²) in [6.07, 6.45) is 7.20. The summed E-state index contributed by atoms with van der Waals surface area (Å²) < 4.78 is 0. The van der Waals surface area contributed by atoms with E-state index in [1.165, 1.54) is 12.0 Å². The first-order valence-corrected chi connectivity index (χ1v) is 9.30. The van der Waals surface area contributed by atoms with Crippen LogP contribution in [-0.4, -0.2) is 21.0 Å². The summed E-state index contributed by atoms with van der Waals surface area (Å²) in [6, 6.07) is 13.7. The third-order valence-electron chi connectivity index (χ3n) is 5.17. The average molecular weight is 334 g/mol. The Morgan fingerprint density at radius 2 is 1.96 bits per heavy atom. The Bertz CT molecular complexity index is 824. The summed E-state index contributed by atoms with van der Waals surface area (Å²) in [5, 5.41) is 3.87. The van der Waals surface area contributed by atoms with Gasteiger partial charge in [-0.05, 0) is 36.8 Å². The van der Waals surface area contributed by atoms with Crippen molar-refractivity contribution in [2.45, 2.75) is 51.1 Å². The molecule has 2 aromatic heterocycles. The first-order valence-electron chi connectivity index (χ1n) is 9.30. The van der Waals surface area contributed by atoms with Crippen LogP contribution in [0.1, 0.15) is 56.5 Å². The lowest BCUT2D eigenvalue weighted by atomic mass is 9.82. The predicted octanol–water partition coefficient (Wildman–Crippen LogP) is 4.58. The molecule has 130 valence electrons. The Labute approximate surface area is 149 Å². The van der Waals surface area contributed by atoms with Crippen LogP contribution in [0.25, 0.3) is 11.0 Å². The van der Waals surface area contributed by atoms with E-state index in [-0.39, 0.29) is 0 Å². The number of hydrogen-bond donors (Lipinski definition) is 2. The van der Waals surface area contributed by atoms with Gasteiger partial charge >= 0.3 is 0 Å². The van der Waals surface area contributed by atoms with Crippen LogP contribution in [0.15, 0.2) is 48.8 Å². The van der Waals surface area contributed by atoms with Gasteiger partial charge in [-0.1, -0.05) is 44.2 Å². The molecule has 4 heteroatoms. The molecule has 0 saturated carbocycles. The van der Waals surface area contributed by atoms with Gasteiger partial charge in [0.1, 0.15) is 5.82 Å². The molecule has 3 heterocycles. The van der Waals surface area contributed by atoms with E-state index >= 15 is 0 Å². The fourth-order valence-electron chi connectivity index (χ4n) is 4.06. The van der Waals surface area contributed by atoms with Gasteiger partial charge < -0.3 is 10.3 Å². The minimum Gasteiger partial charge on any atom is -0.359 e. The predicted molar refractivity (Wildman–Crippen MR) is 101 cm³/mol. The molecule has 0 radical (unpaired) electrons. The largest absolute Gasteiger partial charge is 0.359 e. The number of rotatable bonds is 4. The van der Waals surface area contributed by atoms with Crippen molar-refractivity contribution in [1.82, 2.24) is 20.3 Å². The van der Waals surface area contributed by atoms with Crippen LogP contribution < -0.4 is 5.32 Å². The third kappa shape index (κ3) is 3.59. The van der Waals surface area contributed by atoms with Gasteiger partial charge in [0.25, 0.3) is 0 Å². The van der Waals surface area contributed by atoms with Gasteiger partial charge in [-0.2, -0.15) is 0 Å². The molecule has 4 rings (SSSR count). The van der Waals surface area contributed by atoms with Crippen molar-refractivity contribution >= 4 is 11.0 Å². The zero-order chi connectivity index (χ0) is 17.2. The van der Waals surface area contributed by atoms with Crippen LogP contribution in [-0.2, 0) is 0 Å². The average Bonchev–Trinajstić information content (AvgIpc) is 3.09. The van der Waals surface area contributed by atoms with Crippen molar-refractivity contribution < 1.29 is 0 Å². The minimum absolute atomic E-state index is 0.370. The molecule has 25 heavy (non-hydrogen) atoms. The smallest absolute Gasteiger partial charge is 0.132 e. The van der Waals surface area contributed by atoms with Gasteiger partial charge in [0.2, 0.25) is 0 Å². The quantitative estimate of drug-likeness (QED) is 0.734. The second-order valence-corrected chi connectivity index (χ2v) is 7.63. The third-order valence-corrected chi connectivity index (χ3v) is 5.17. The SMILES string of the molecule is CC(C)CC1CC(c2ncc3[nH]ccc3n2)CC(c2ccccc2)N1. The highest BCUT2D eigenvalue weighted by atomic mass is 15.0. The van der Waals surface area contributed by atoms with Crippen LogP contribution in [0.3, 0.4) is 0 Å². The van der Waals surface area contributed by atoms with Gasteiger partial charge in [0.15, 0.2) is 0 Å². The summed E-state index contributed by atoms with van der Waals surface area (Å²) >= 11 is 0. The number of piperidine rings is 1. The van der Waals surface area contributed by atoms with Crippen molar-refractivity contribution in [2.75, 3.05) is 0 Å². The van der Waals surface area contributed by atoms with E-state index < -0.39 is 0 Å².